The highest BCUT2D eigenvalue weighted by atomic mass is 79.9. The van der Waals surface area contributed by atoms with Crippen LogP contribution in [0.3, 0.4) is 0 Å². The van der Waals surface area contributed by atoms with Crippen LogP contribution >= 0.6 is 15.9 Å². The molecule has 8 heteroatoms. The molecule has 0 aliphatic rings. The number of hydrazone groups is 1. The molecule has 7 nitrogen and oxygen atoms in total. The van der Waals surface area contributed by atoms with Gasteiger partial charge in [-0.3, -0.25) is 4.79 Å². The maximum Gasteiger partial charge on any atom is 0.343 e. The summed E-state index contributed by atoms with van der Waals surface area (Å²) >= 11 is 3.34. The van der Waals surface area contributed by atoms with Crippen LogP contribution in [-0.2, 0) is 4.79 Å². The SMILES string of the molecule is CCOc1cc(/C=N\NC(=O)CNc2ccccc2C)ccc1OC(=O)c1ccc(Br)cc1. The summed E-state index contributed by atoms with van der Waals surface area (Å²) in [6.45, 7) is 4.29. The van der Waals surface area contributed by atoms with Crippen LogP contribution in [0.2, 0.25) is 0 Å². The predicted molar refractivity (Wildman–Crippen MR) is 132 cm³/mol. The molecule has 0 unspecified atom stereocenters. The minimum Gasteiger partial charge on any atom is -0.490 e. The van der Waals surface area contributed by atoms with Crippen LogP contribution in [0.1, 0.15) is 28.4 Å². The summed E-state index contributed by atoms with van der Waals surface area (Å²) in [5.74, 6) is -0.0642. The molecule has 1 amide bonds. The summed E-state index contributed by atoms with van der Waals surface area (Å²) in [5.41, 5.74) is 5.53. The summed E-state index contributed by atoms with van der Waals surface area (Å²) in [5, 5.41) is 7.06. The fourth-order valence-electron chi connectivity index (χ4n) is 2.87. The molecule has 0 saturated heterocycles. The molecule has 0 bridgehead atoms. The number of ether oxygens (including phenoxy) is 2. The quantitative estimate of drug-likeness (QED) is 0.184. The van der Waals surface area contributed by atoms with Crippen LogP contribution in [0.15, 0.2) is 76.3 Å². The van der Waals surface area contributed by atoms with E-state index in [4.69, 9.17) is 9.47 Å². The van der Waals surface area contributed by atoms with Gasteiger partial charge in [0.1, 0.15) is 0 Å². The third-order valence-corrected chi connectivity index (χ3v) is 5.07. The van der Waals surface area contributed by atoms with E-state index in [9.17, 15) is 9.59 Å². The first-order valence-electron chi connectivity index (χ1n) is 10.3. The van der Waals surface area contributed by atoms with Gasteiger partial charge in [-0.15, -0.1) is 0 Å². The first-order valence-corrected chi connectivity index (χ1v) is 11.1. The molecule has 0 aliphatic heterocycles. The summed E-state index contributed by atoms with van der Waals surface area (Å²) < 4.78 is 12.0. The van der Waals surface area contributed by atoms with E-state index in [0.717, 1.165) is 15.7 Å². The third-order valence-electron chi connectivity index (χ3n) is 4.54. The van der Waals surface area contributed by atoms with Crippen molar-refractivity contribution in [3.8, 4) is 11.5 Å². The predicted octanol–water partition coefficient (Wildman–Crippen LogP) is 4.94. The van der Waals surface area contributed by atoms with Crippen molar-refractivity contribution < 1.29 is 19.1 Å². The van der Waals surface area contributed by atoms with Gasteiger partial charge in [-0.25, -0.2) is 10.2 Å². The van der Waals surface area contributed by atoms with Gasteiger partial charge in [0.25, 0.3) is 5.91 Å². The average Bonchev–Trinajstić information content (AvgIpc) is 2.80. The normalized spacial score (nSPS) is 10.6. The van der Waals surface area contributed by atoms with Gasteiger partial charge >= 0.3 is 5.97 Å². The Bertz CT molecular complexity index is 1150. The van der Waals surface area contributed by atoms with E-state index in [0.29, 0.717) is 29.2 Å². The lowest BCUT2D eigenvalue weighted by Crippen LogP contribution is -2.26. The Morgan fingerprint density at radius 2 is 1.79 bits per heavy atom. The van der Waals surface area contributed by atoms with Gasteiger partial charge in [-0.05, 0) is 73.5 Å². The molecule has 0 radical (unpaired) electrons. The number of nitrogens with one attached hydrogen (secondary N) is 2. The number of amides is 1. The van der Waals surface area contributed by atoms with Gasteiger partial charge in [0, 0.05) is 10.2 Å². The Hall–Kier alpha value is -3.65. The maximum absolute atomic E-state index is 12.4. The first-order chi connectivity index (χ1) is 16.0. The van der Waals surface area contributed by atoms with Gasteiger partial charge < -0.3 is 14.8 Å². The molecule has 3 aromatic carbocycles. The summed E-state index contributed by atoms with van der Waals surface area (Å²) in [7, 11) is 0. The second-order valence-corrected chi connectivity index (χ2v) is 7.91. The fraction of sp³-hybridized carbons (Fsp3) is 0.160. The molecule has 170 valence electrons. The number of esters is 1. The topological polar surface area (TPSA) is 89.0 Å². The molecular weight excluding hydrogens is 486 g/mol. The first kappa shape index (κ1) is 24.0. The van der Waals surface area contributed by atoms with E-state index < -0.39 is 5.97 Å². The second kappa shape index (κ2) is 11.8. The number of aryl methyl sites for hydroxylation is 1. The van der Waals surface area contributed by atoms with Crippen molar-refractivity contribution in [3.63, 3.8) is 0 Å². The molecule has 0 saturated carbocycles. The number of rotatable bonds is 9. The van der Waals surface area contributed by atoms with E-state index in [2.05, 4.69) is 31.8 Å². The van der Waals surface area contributed by atoms with Gasteiger partial charge in [0.2, 0.25) is 0 Å². The number of nitrogens with zero attached hydrogens (tertiary/aromatic N) is 1. The lowest BCUT2D eigenvalue weighted by atomic mass is 10.2. The molecule has 3 aromatic rings. The molecule has 0 aromatic heterocycles. The standard InChI is InChI=1S/C25H24BrN3O4/c1-3-32-23-14-18(8-13-22(23)33-25(31)19-9-11-20(26)12-10-19)15-28-29-24(30)16-27-21-7-5-4-6-17(21)2/h4-15,27H,3,16H2,1-2H3,(H,29,30)/b28-15-. The Labute approximate surface area is 200 Å². The van der Waals surface area contributed by atoms with Crippen LogP contribution < -0.4 is 20.2 Å². The highest BCUT2D eigenvalue weighted by Crippen LogP contribution is 2.29. The Morgan fingerprint density at radius 3 is 2.52 bits per heavy atom. The number of benzene rings is 3. The number of hydrogen-bond acceptors (Lipinski definition) is 6. The fourth-order valence-corrected chi connectivity index (χ4v) is 3.13. The smallest absolute Gasteiger partial charge is 0.343 e. The van der Waals surface area contributed by atoms with Crippen LogP contribution in [0, 0.1) is 6.92 Å². The van der Waals surface area contributed by atoms with Crippen molar-refractivity contribution in [1.82, 2.24) is 5.43 Å². The van der Waals surface area contributed by atoms with E-state index in [1.807, 2.05) is 38.1 Å². The monoisotopic (exact) mass is 509 g/mol. The molecule has 2 N–H and O–H groups in total. The van der Waals surface area contributed by atoms with Crippen molar-refractivity contribution in [2.24, 2.45) is 5.10 Å². The van der Waals surface area contributed by atoms with Crippen molar-refractivity contribution in [2.45, 2.75) is 13.8 Å². The largest absolute Gasteiger partial charge is 0.490 e. The molecule has 0 fully saturated rings. The zero-order valence-corrected chi connectivity index (χ0v) is 19.9. The number of halogens is 1. The van der Waals surface area contributed by atoms with Gasteiger partial charge in [-0.1, -0.05) is 34.1 Å². The zero-order chi connectivity index (χ0) is 23.6. The van der Waals surface area contributed by atoms with Gasteiger partial charge in [0.15, 0.2) is 11.5 Å². The van der Waals surface area contributed by atoms with Crippen molar-refractivity contribution in [1.29, 1.82) is 0 Å². The van der Waals surface area contributed by atoms with E-state index in [1.165, 1.54) is 6.21 Å². The zero-order valence-electron chi connectivity index (χ0n) is 18.3. The second-order valence-electron chi connectivity index (χ2n) is 7.00. The Morgan fingerprint density at radius 1 is 1.03 bits per heavy atom. The van der Waals surface area contributed by atoms with E-state index in [1.54, 1.807) is 42.5 Å². The number of carbonyl (C=O) groups is 2. The minimum atomic E-state index is -0.488. The average molecular weight is 510 g/mol. The molecule has 0 aliphatic carbocycles. The molecule has 33 heavy (non-hydrogen) atoms. The number of para-hydroxylation sites is 1. The molecule has 3 rings (SSSR count). The van der Waals surface area contributed by atoms with Gasteiger partial charge in [0.05, 0.1) is 24.9 Å². The number of anilines is 1. The van der Waals surface area contributed by atoms with Crippen molar-refractivity contribution in [2.75, 3.05) is 18.5 Å². The van der Waals surface area contributed by atoms with Crippen LogP contribution in [0.5, 0.6) is 11.5 Å². The van der Waals surface area contributed by atoms with E-state index in [-0.39, 0.29) is 12.5 Å². The summed E-state index contributed by atoms with van der Waals surface area (Å²) in [6.07, 6.45) is 1.49. The third kappa shape index (κ3) is 7.18. The number of carbonyl (C=O) groups excluding carboxylic acids is 2. The van der Waals surface area contributed by atoms with E-state index >= 15 is 0 Å². The Balaban J connectivity index is 1.60. The number of hydrogen-bond donors (Lipinski definition) is 2. The summed E-state index contributed by atoms with van der Waals surface area (Å²) in [4.78, 5) is 24.5. The van der Waals surface area contributed by atoms with Crippen LogP contribution in [0.25, 0.3) is 0 Å². The minimum absolute atomic E-state index is 0.0946. The lowest BCUT2D eigenvalue weighted by Gasteiger charge is -2.11. The highest BCUT2D eigenvalue weighted by Gasteiger charge is 2.13. The maximum atomic E-state index is 12.4. The van der Waals surface area contributed by atoms with Gasteiger partial charge in [-0.2, -0.15) is 5.10 Å². The van der Waals surface area contributed by atoms with Crippen LogP contribution in [0.4, 0.5) is 5.69 Å². The molecular formula is C25H24BrN3O4. The van der Waals surface area contributed by atoms with Crippen LogP contribution in [-0.4, -0.2) is 31.2 Å². The molecule has 0 spiro atoms. The van der Waals surface area contributed by atoms with Crippen molar-refractivity contribution >= 4 is 39.7 Å². The molecule has 0 heterocycles. The van der Waals surface area contributed by atoms with Crippen molar-refractivity contribution in [3.05, 3.63) is 87.9 Å². The summed E-state index contributed by atoms with van der Waals surface area (Å²) in [6, 6.07) is 19.6. The molecule has 0 atom stereocenters. The lowest BCUT2D eigenvalue weighted by molar-refractivity contribution is -0.119. The Kier molecular flexibility index (Phi) is 8.60. The highest BCUT2D eigenvalue weighted by molar-refractivity contribution is 9.10.